The van der Waals surface area contributed by atoms with E-state index in [4.69, 9.17) is 4.74 Å². The van der Waals surface area contributed by atoms with Gasteiger partial charge in [0.15, 0.2) is 5.78 Å². The second-order valence-electron chi connectivity index (χ2n) is 6.02. The molecule has 1 aromatic heterocycles. The van der Waals surface area contributed by atoms with Gasteiger partial charge < -0.3 is 9.30 Å². The van der Waals surface area contributed by atoms with Crippen molar-refractivity contribution in [2.45, 2.75) is 26.7 Å². The highest BCUT2D eigenvalue weighted by Gasteiger charge is 2.19. The quantitative estimate of drug-likeness (QED) is 0.774. The molecule has 4 nitrogen and oxygen atoms in total. The molecular formula is C16H26N2O2. The topological polar surface area (TPSA) is 34.5 Å². The standard InChI is InChI=1S/C16H26N2O2/c1-12-9-15(13(2)18(12)4)16(19)11-17(3)10-14-5-7-20-8-6-14/h9,14H,5-8,10-11H2,1-4H3. The molecule has 0 saturated carbocycles. The van der Waals surface area contributed by atoms with Crippen molar-refractivity contribution in [2.24, 2.45) is 13.0 Å². The minimum absolute atomic E-state index is 0.223. The van der Waals surface area contributed by atoms with Crippen LogP contribution in [0.2, 0.25) is 0 Å². The average molecular weight is 278 g/mol. The predicted molar refractivity (Wildman–Crippen MR) is 80.3 cm³/mol. The Hall–Kier alpha value is -1.13. The number of hydrogen-bond donors (Lipinski definition) is 0. The first-order valence-corrected chi connectivity index (χ1v) is 7.41. The Morgan fingerprint density at radius 1 is 1.40 bits per heavy atom. The van der Waals surface area contributed by atoms with Crippen molar-refractivity contribution in [3.63, 3.8) is 0 Å². The number of ether oxygens (including phenoxy) is 1. The number of carbonyl (C=O) groups excluding carboxylic acids is 1. The van der Waals surface area contributed by atoms with Crippen molar-refractivity contribution < 1.29 is 9.53 Å². The maximum Gasteiger partial charge on any atom is 0.178 e. The third-order valence-electron chi connectivity index (χ3n) is 4.40. The first kappa shape index (κ1) is 15.3. The Kier molecular flexibility index (Phi) is 5.00. The molecule has 2 heterocycles. The summed E-state index contributed by atoms with van der Waals surface area (Å²) in [5, 5.41) is 0. The molecule has 112 valence electrons. The van der Waals surface area contributed by atoms with Gasteiger partial charge >= 0.3 is 0 Å². The summed E-state index contributed by atoms with van der Waals surface area (Å²) >= 11 is 0. The van der Waals surface area contributed by atoms with Crippen molar-refractivity contribution in [3.05, 3.63) is 23.0 Å². The van der Waals surface area contributed by atoms with E-state index in [-0.39, 0.29) is 5.78 Å². The molecular weight excluding hydrogens is 252 g/mol. The summed E-state index contributed by atoms with van der Waals surface area (Å²) < 4.78 is 7.45. The molecule has 0 bridgehead atoms. The van der Waals surface area contributed by atoms with Gasteiger partial charge in [-0.3, -0.25) is 9.69 Å². The van der Waals surface area contributed by atoms with Crippen LogP contribution in [0, 0.1) is 19.8 Å². The lowest BCUT2D eigenvalue weighted by molar-refractivity contribution is 0.0549. The first-order valence-electron chi connectivity index (χ1n) is 7.41. The number of nitrogens with zero attached hydrogens (tertiary/aromatic N) is 2. The molecule has 20 heavy (non-hydrogen) atoms. The molecule has 0 amide bonds. The van der Waals surface area contributed by atoms with Crippen LogP contribution in [-0.2, 0) is 11.8 Å². The molecule has 1 fully saturated rings. The van der Waals surface area contributed by atoms with Gasteiger partial charge in [0.2, 0.25) is 0 Å². The maximum atomic E-state index is 12.4. The maximum absolute atomic E-state index is 12.4. The first-order chi connectivity index (χ1) is 9.49. The predicted octanol–water partition coefficient (Wildman–Crippen LogP) is 2.18. The molecule has 0 radical (unpaired) electrons. The number of aromatic nitrogens is 1. The molecule has 1 saturated heterocycles. The number of carbonyl (C=O) groups is 1. The van der Waals surface area contributed by atoms with Gasteiger partial charge in [0.1, 0.15) is 0 Å². The third-order valence-corrected chi connectivity index (χ3v) is 4.40. The largest absolute Gasteiger partial charge is 0.381 e. The SMILES string of the molecule is Cc1cc(C(=O)CN(C)CC2CCOCC2)c(C)n1C. The number of likely N-dealkylation sites (N-methyl/N-ethyl adjacent to an activating group) is 1. The van der Waals surface area contributed by atoms with Crippen LogP contribution in [-0.4, -0.2) is 48.6 Å². The normalized spacial score (nSPS) is 16.9. The molecule has 2 rings (SSSR count). The molecule has 0 aromatic carbocycles. The highest BCUT2D eigenvalue weighted by atomic mass is 16.5. The second-order valence-corrected chi connectivity index (χ2v) is 6.02. The van der Waals surface area contributed by atoms with Crippen molar-refractivity contribution >= 4 is 5.78 Å². The molecule has 4 heteroatoms. The van der Waals surface area contributed by atoms with Gasteiger partial charge in [0, 0.05) is 43.8 Å². The van der Waals surface area contributed by atoms with Crippen LogP contribution in [0.5, 0.6) is 0 Å². The van der Waals surface area contributed by atoms with Crippen LogP contribution in [0.1, 0.15) is 34.6 Å². The summed E-state index contributed by atoms with van der Waals surface area (Å²) in [6.07, 6.45) is 2.23. The number of aryl methyl sites for hydroxylation is 1. The molecule has 0 atom stereocenters. The highest BCUT2D eigenvalue weighted by Crippen LogP contribution is 2.17. The van der Waals surface area contributed by atoms with Gasteiger partial charge in [0.25, 0.3) is 0 Å². The van der Waals surface area contributed by atoms with Gasteiger partial charge in [-0.15, -0.1) is 0 Å². The number of hydrogen-bond acceptors (Lipinski definition) is 3. The van der Waals surface area contributed by atoms with E-state index in [0.29, 0.717) is 12.5 Å². The molecule has 0 spiro atoms. The molecule has 1 aromatic rings. The van der Waals surface area contributed by atoms with Gasteiger partial charge in [-0.25, -0.2) is 0 Å². The molecule has 1 aliphatic heterocycles. The van der Waals surface area contributed by atoms with E-state index >= 15 is 0 Å². The summed E-state index contributed by atoms with van der Waals surface area (Å²) in [5.74, 6) is 0.890. The fourth-order valence-corrected chi connectivity index (χ4v) is 2.90. The van der Waals surface area contributed by atoms with E-state index in [9.17, 15) is 4.79 Å². The van der Waals surface area contributed by atoms with Gasteiger partial charge in [-0.1, -0.05) is 0 Å². The van der Waals surface area contributed by atoms with Crippen molar-refractivity contribution in [3.8, 4) is 0 Å². The lowest BCUT2D eigenvalue weighted by Gasteiger charge is -2.26. The zero-order chi connectivity index (χ0) is 14.7. The van der Waals surface area contributed by atoms with Crippen LogP contribution in [0.4, 0.5) is 0 Å². The Morgan fingerprint density at radius 2 is 2.05 bits per heavy atom. The van der Waals surface area contributed by atoms with E-state index in [1.807, 2.05) is 34.0 Å². The van der Waals surface area contributed by atoms with Gasteiger partial charge in [-0.2, -0.15) is 0 Å². The molecule has 1 aliphatic rings. The van der Waals surface area contributed by atoms with Crippen LogP contribution >= 0.6 is 0 Å². The van der Waals surface area contributed by atoms with Crippen LogP contribution in [0.25, 0.3) is 0 Å². The van der Waals surface area contributed by atoms with Gasteiger partial charge in [0.05, 0.1) is 6.54 Å². The average Bonchev–Trinajstić information content (AvgIpc) is 2.67. The number of Topliss-reactive ketones (excluding diaryl/α,β-unsaturated/α-hetero) is 1. The van der Waals surface area contributed by atoms with Crippen molar-refractivity contribution in [1.29, 1.82) is 0 Å². The van der Waals surface area contributed by atoms with E-state index in [2.05, 4.69) is 9.47 Å². The van der Waals surface area contributed by atoms with Crippen LogP contribution < -0.4 is 0 Å². The minimum Gasteiger partial charge on any atom is -0.381 e. The monoisotopic (exact) mass is 278 g/mol. The lowest BCUT2D eigenvalue weighted by atomic mass is 9.99. The summed E-state index contributed by atoms with van der Waals surface area (Å²) in [6.45, 7) is 7.27. The molecule has 0 aliphatic carbocycles. The summed E-state index contributed by atoms with van der Waals surface area (Å²) in [6, 6.07) is 2.00. The Morgan fingerprint density at radius 3 is 2.60 bits per heavy atom. The lowest BCUT2D eigenvalue weighted by Crippen LogP contribution is -2.33. The number of ketones is 1. The summed E-state index contributed by atoms with van der Waals surface area (Å²) in [4.78, 5) is 14.6. The summed E-state index contributed by atoms with van der Waals surface area (Å²) in [5.41, 5.74) is 3.06. The smallest absolute Gasteiger partial charge is 0.178 e. The molecule has 0 unspecified atom stereocenters. The highest BCUT2D eigenvalue weighted by molar-refractivity contribution is 5.99. The van der Waals surface area contributed by atoms with Crippen molar-refractivity contribution in [2.75, 3.05) is 33.4 Å². The van der Waals surface area contributed by atoms with Crippen LogP contribution in [0.3, 0.4) is 0 Å². The third kappa shape index (κ3) is 3.49. The van der Waals surface area contributed by atoms with E-state index in [1.54, 1.807) is 0 Å². The van der Waals surface area contributed by atoms with Crippen LogP contribution in [0.15, 0.2) is 6.07 Å². The Bertz CT molecular complexity index is 473. The van der Waals surface area contributed by atoms with E-state index in [0.717, 1.165) is 49.6 Å². The zero-order valence-electron chi connectivity index (χ0n) is 13.1. The Balaban J connectivity index is 1.91. The number of rotatable bonds is 5. The van der Waals surface area contributed by atoms with E-state index in [1.165, 1.54) is 0 Å². The second kappa shape index (κ2) is 6.55. The summed E-state index contributed by atoms with van der Waals surface area (Å²) in [7, 11) is 4.05. The zero-order valence-corrected chi connectivity index (χ0v) is 13.1. The van der Waals surface area contributed by atoms with Crippen molar-refractivity contribution in [1.82, 2.24) is 9.47 Å². The molecule has 0 N–H and O–H groups in total. The van der Waals surface area contributed by atoms with E-state index < -0.39 is 0 Å². The fraction of sp³-hybridized carbons (Fsp3) is 0.688. The fourth-order valence-electron chi connectivity index (χ4n) is 2.90. The Labute approximate surface area is 121 Å². The van der Waals surface area contributed by atoms with Gasteiger partial charge in [-0.05, 0) is 45.7 Å². The minimum atomic E-state index is 0.223.